The Morgan fingerprint density at radius 1 is 1.47 bits per heavy atom. The third kappa shape index (κ3) is 4.15. The Hall–Kier alpha value is -1.42. The van der Waals surface area contributed by atoms with Crippen LogP contribution in [0.25, 0.3) is 0 Å². The van der Waals surface area contributed by atoms with Crippen LogP contribution < -0.4 is 11.1 Å². The number of nitrogens with one attached hydrogen (secondary N) is 1. The summed E-state index contributed by atoms with van der Waals surface area (Å²) >= 11 is 0. The Morgan fingerprint density at radius 2 is 2.12 bits per heavy atom. The molecule has 17 heavy (non-hydrogen) atoms. The summed E-state index contributed by atoms with van der Waals surface area (Å²) in [6.45, 7) is 5.67. The molecule has 3 nitrogen and oxygen atoms in total. The van der Waals surface area contributed by atoms with Gasteiger partial charge in [-0.25, -0.2) is 4.39 Å². The number of anilines is 1. The Labute approximate surface area is 101 Å². The smallest absolute Gasteiger partial charge is 0.241 e. The molecule has 1 aromatic carbocycles. The van der Waals surface area contributed by atoms with Crippen LogP contribution in [0.3, 0.4) is 0 Å². The van der Waals surface area contributed by atoms with Gasteiger partial charge in [-0.3, -0.25) is 4.79 Å². The highest BCUT2D eigenvalue weighted by Gasteiger charge is 2.15. The molecule has 0 fully saturated rings. The number of rotatable bonds is 4. The van der Waals surface area contributed by atoms with Crippen molar-refractivity contribution in [3.05, 3.63) is 29.6 Å². The lowest BCUT2D eigenvalue weighted by molar-refractivity contribution is -0.117. The summed E-state index contributed by atoms with van der Waals surface area (Å²) in [5.74, 6) is -0.148. The fraction of sp³-hybridized carbons (Fsp3) is 0.462. The molecule has 0 spiro atoms. The minimum Gasteiger partial charge on any atom is -0.325 e. The molecule has 0 aliphatic carbocycles. The Balaban J connectivity index is 2.64. The van der Waals surface area contributed by atoms with E-state index in [-0.39, 0.29) is 11.7 Å². The number of carbonyl (C=O) groups is 1. The molecule has 1 rings (SSSR count). The first-order chi connectivity index (χ1) is 7.90. The van der Waals surface area contributed by atoms with Gasteiger partial charge in [0, 0.05) is 5.69 Å². The van der Waals surface area contributed by atoms with Crippen molar-refractivity contribution in [1.29, 1.82) is 0 Å². The molecule has 1 amide bonds. The lowest BCUT2D eigenvalue weighted by Crippen LogP contribution is -2.36. The van der Waals surface area contributed by atoms with Crippen LogP contribution in [0.2, 0.25) is 0 Å². The van der Waals surface area contributed by atoms with Gasteiger partial charge >= 0.3 is 0 Å². The van der Waals surface area contributed by atoms with Crippen molar-refractivity contribution in [3.63, 3.8) is 0 Å². The van der Waals surface area contributed by atoms with Crippen LogP contribution in [0.5, 0.6) is 0 Å². The van der Waals surface area contributed by atoms with E-state index in [9.17, 15) is 9.18 Å². The van der Waals surface area contributed by atoms with Crippen LogP contribution in [0, 0.1) is 18.7 Å². The van der Waals surface area contributed by atoms with E-state index in [1.54, 1.807) is 13.0 Å². The molecule has 3 N–H and O–H groups in total. The van der Waals surface area contributed by atoms with Crippen molar-refractivity contribution in [2.45, 2.75) is 33.2 Å². The minimum absolute atomic E-state index is 0.232. The minimum atomic E-state index is -0.527. The SMILES string of the molecule is Cc1cc(NC(=O)[C@H](N)CC(C)C)ccc1F. The summed E-state index contributed by atoms with van der Waals surface area (Å²) in [5.41, 5.74) is 6.82. The fourth-order valence-electron chi connectivity index (χ4n) is 1.57. The number of hydrogen-bond donors (Lipinski definition) is 2. The van der Waals surface area contributed by atoms with Crippen molar-refractivity contribution < 1.29 is 9.18 Å². The second kappa shape index (κ2) is 5.77. The van der Waals surface area contributed by atoms with E-state index in [4.69, 9.17) is 5.73 Å². The molecule has 0 aliphatic rings. The van der Waals surface area contributed by atoms with E-state index in [0.29, 0.717) is 23.6 Å². The number of aryl methyl sites for hydroxylation is 1. The van der Waals surface area contributed by atoms with Crippen molar-refractivity contribution in [2.75, 3.05) is 5.32 Å². The van der Waals surface area contributed by atoms with Gasteiger partial charge in [-0.2, -0.15) is 0 Å². The number of hydrogen-bond acceptors (Lipinski definition) is 2. The molecule has 0 saturated heterocycles. The van der Waals surface area contributed by atoms with Crippen LogP contribution in [0.1, 0.15) is 25.8 Å². The van der Waals surface area contributed by atoms with Gasteiger partial charge in [-0.1, -0.05) is 13.8 Å². The van der Waals surface area contributed by atoms with Gasteiger partial charge in [-0.05, 0) is 43.0 Å². The van der Waals surface area contributed by atoms with Crippen LogP contribution in [-0.2, 0) is 4.79 Å². The van der Waals surface area contributed by atoms with E-state index in [1.165, 1.54) is 12.1 Å². The predicted octanol–water partition coefficient (Wildman–Crippen LogP) is 2.45. The Bertz CT molecular complexity index is 404. The topological polar surface area (TPSA) is 55.1 Å². The molecule has 0 bridgehead atoms. The molecule has 0 heterocycles. The number of nitrogens with two attached hydrogens (primary N) is 1. The zero-order valence-corrected chi connectivity index (χ0v) is 10.5. The molecular weight excluding hydrogens is 219 g/mol. The Kier molecular flexibility index (Phi) is 4.63. The zero-order chi connectivity index (χ0) is 13.0. The van der Waals surface area contributed by atoms with Gasteiger partial charge in [-0.15, -0.1) is 0 Å². The molecular formula is C13H19FN2O. The van der Waals surface area contributed by atoms with Crippen LogP contribution in [0.4, 0.5) is 10.1 Å². The van der Waals surface area contributed by atoms with Gasteiger partial charge in [0.25, 0.3) is 0 Å². The maximum atomic E-state index is 13.0. The number of carbonyl (C=O) groups excluding carboxylic acids is 1. The van der Waals surface area contributed by atoms with Gasteiger partial charge in [0.1, 0.15) is 5.82 Å². The second-order valence-electron chi connectivity index (χ2n) is 4.69. The highest BCUT2D eigenvalue weighted by atomic mass is 19.1. The van der Waals surface area contributed by atoms with E-state index >= 15 is 0 Å². The summed E-state index contributed by atoms with van der Waals surface area (Å²) in [6.07, 6.45) is 0.631. The fourth-order valence-corrected chi connectivity index (χ4v) is 1.57. The first-order valence-corrected chi connectivity index (χ1v) is 5.72. The maximum Gasteiger partial charge on any atom is 0.241 e. The maximum absolute atomic E-state index is 13.0. The predicted molar refractivity (Wildman–Crippen MR) is 67.2 cm³/mol. The molecule has 4 heteroatoms. The monoisotopic (exact) mass is 238 g/mol. The first kappa shape index (κ1) is 13.6. The Morgan fingerprint density at radius 3 is 2.65 bits per heavy atom. The normalized spacial score (nSPS) is 12.6. The molecule has 0 unspecified atom stereocenters. The largest absolute Gasteiger partial charge is 0.325 e. The summed E-state index contributed by atoms with van der Waals surface area (Å²) in [4.78, 5) is 11.7. The van der Waals surface area contributed by atoms with Crippen LogP contribution in [0.15, 0.2) is 18.2 Å². The third-order valence-corrected chi connectivity index (χ3v) is 2.49. The molecule has 1 atom stereocenters. The lowest BCUT2D eigenvalue weighted by Gasteiger charge is -2.14. The zero-order valence-electron chi connectivity index (χ0n) is 10.5. The van der Waals surface area contributed by atoms with Gasteiger partial charge in [0.15, 0.2) is 0 Å². The third-order valence-electron chi connectivity index (χ3n) is 2.49. The van der Waals surface area contributed by atoms with Crippen molar-refractivity contribution in [3.8, 4) is 0 Å². The van der Waals surface area contributed by atoms with Crippen molar-refractivity contribution in [2.24, 2.45) is 11.7 Å². The molecule has 0 radical (unpaired) electrons. The van der Waals surface area contributed by atoms with Gasteiger partial charge in [0.2, 0.25) is 5.91 Å². The van der Waals surface area contributed by atoms with E-state index < -0.39 is 6.04 Å². The number of benzene rings is 1. The van der Waals surface area contributed by atoms with E-state index in [1.807, 2.05) is 13.8 Å². The lowest BCUT2D eigenvalue weighted by atomic mass is 10.0. The summed E-state index contributed by atoms with van der Waals surface area (Å²) in [7, 11) is 0. The summed E-state index contributed by atoms with van der Waals surface area (Å²) in [6, 6.07) is 3.93. The average Bonchev–Trinajstić information content (AvgIpc) is 2.22. The van der Waals surface area contributed by atoms with Gasteiger partial charge in [0.05, 0.1) is 6.04 Å². The molecule has 0 aliphatic heterocycles. The highest BCUT2D eigenvalue weighted by molar-refractivity contribution is 5.94. The molecule has 94 valence electrons. The molecule has 1 aromatic rings. The van der Waals surface area contributed by atoms with Crippen molar-refractivity contribution in [1.82, 2.24) is 0 Å². The van der Waals surface area contributed by atoms with E-state index in [2.05, 4.69) is 5.32 Å². The standard InChI is InChI=1S/C13H19FN2O/c1-8(2)6-12(15)13(17)16-10-4-5-11(14)9(3)7-10/h4-5,7-8,12H,6,15H2,1-3H3,(H,16,17)/t12-/m1/s1. The average molecular weight is 238 g/mol. The molecule has 0 saturated carbocycles. The summed E-state index contributed by atoms with van der Waals surface area (Å²) in [5, 5.41) is 2.68. The number of halogens is 1. The first-order valence-electron chi connectivity index (χ1n) is 5.72. The van der Waals surface area contributed by atoms with Crippen molar-refractivity contribution >= 4 is 11.6 Å². The summed E-state index contributed by atoms with van der Waals surface area (Å²) < 4.78 is 13.0. The second-order valence-corrected chi connectivity index (χ2v) is 4.69. The van der Waals surface area contributed by atoms with Gasteiger partial charge < -0.3 is 11.1 Å². The number of amides is 1. The van der Waals surface area contributed by atoms with Crippen LogP contribution in [-0.4, -0.2) is 11.9 Å². The molecule has 0 aromatic heterocycles. The van der Waals surface area contributed by atoms with E-state index in [0.717, 1.165) is 0 Å². The quantitative estimate of drug-likeness (QED) is 0.846. The van der Waals surface area contributed by atoms with Crippen LogP contribution >= 0.6 is 0 Å². The highest BCUT2D eigenvalue weighted by Crippen LogP contribution is 2.14.